The second kappa shape index (κ2) is 10.9. The van der Waals surface area contributed by atoms with Crippen molar-refractivity contribution in [3.05, 3.63) is 0 Å². The van der Waals surface area contributed by atoms with Gasteiger partial charge in [0.15, 0.2) is 6.10 Å². The van der Waals surface area contributed by atoms with E-state index in [-0.39, 0.29) is 0 Å². The van der Waals surface area contributed by atoms with Crippen molar-refractivity contribution >= 4 is 50.1 Å². The van der Waals surface area contributed by atoms with Crippen LogP contribution in [0, 0.1) is 0 Å². The molecule has 0 bridgehead atoms. The normalized spacial score (nSPS) is 25.7. The van der Waals surface area contributed by atoms with Gasteiger partial charge in [0, 0.05) is 0 Å². The minimum absolute atomic E-state index is 0.329. The summed E-state index contributed by atoms with van der Waals surface area (Å²) >= 11 is 10.2. The summed E-state index contributed by atoms with van der Waals surface area (Å²) in [6.45, 7) is 27.2. The number of halogens is 2. The number of ether oxygens (including phenoxy) is 1. The minimum Gasteiger partial charge on any atom is -0.455 e. The topological polar surface area (TPSA) is 44.8 Å². The van der Waals surface area contributed by atoms with Gasteiger partial charge in [0.25, 0.3) is 0 Å². The van der Waals surface area contributed by atoms with Crippen LogP contribution in [0.5, 0.6) is 0 Å². The Morgan fingerprint density at radius 1 is 0.839 bits per heavy atom. The summed E-state index contributed by atoms with van der Waals surface area (Å²) in [5.41, 5.74) is 2.47. The lowest BCUT2D eigenvalue weighted by atomic mass is 10.2. The van der Waals surface area contributed by atoms with Gasteiger partial charge in [0.1, 0.15) is 6.10 Å². The highest BCUT2D eigenvalue weighted by Gasteiger charge is 2.61. The maximum atomic E-state index is 12.7. The van der Waals surface area contributed by atoms with Crippen LogP contribution in [0.2, 0.25) is 33.2 Å². The first-order valence-corrected chi connectivity index (χ1v) is 17.3. The lowest BCUT2D eigenvalue weighted by Crippen LogP contribution is -2.56. The van der Waals surface area contributed by atoms with E-state index in [0.29, 0.717) is 39.9 Å². The minimum atomic E-state index is -2.28. The van der Waals surface area contributed by atoms with E-state index >= 15 is 0 Å². The van der Waals surface area contributed by atoms with E-state index in [9.17, 15) is 4.79 Å². The first-order chi connectivity index (χ1) is 14.0. The first kappa shape index (κ1) is 29.6. The number of esters is 1. The van der Waals surface area contributed by atoms with Crippen molar-refractivity contribution in [2.45, 2.75) is 132 Å². The highest BCUT2D eigenvalue weighted by atomic mass is 79.9. The number of carbonyl (C=O) groups excluding carboxylic acids is 1. The van der Waals surface area contributed by atoms with Gasteiger partial charge in [-0.3, -0.25) is 0 Å². The van der Waals surface area contributed by atoms with Gasteiger partial charge < -0.3 is 13.6 Å². The van der Waals surface area contributed by atoms with Crippen LogP contribution in [-0.4, -0.2) is 45.2 Å². The molecule has 1 aliphatic heterocycles. The fraction of sp³-hybridized carbons (Fsp3) is 0.957. The van der Waals surface area contributed by atoms with Gasteiger partial charge in [-0.1, -0.05) is 111 Å². The van der Waals surface area contributed by atoms with Crippen LogP contribution in [0.25, 0.3) is 0 Å². The molecule has 0 aromatic rings. The number of rotatable bonds is 11. The largest absolute Gasteiger partial charge is 0.455 e. The zero-order valence-corrected chi connectivity index (χ0v) is 26.1. The van der Waals surface area contributed by atoms with Crippen LogP contribution >= 0.6 is 27.5 Å². The second-order valence-electron chi connectivity index (χ2n) is 11.1. The number of carbonyl (C=O) groups is 1. The van der Waals surface area contributed by atoms with Gasteiger partial charge in [0.05, 0.1) is 6.61 Å². The number of cyclic esters (lactones) is 1. The molecule has 8 heteroatoms. The first-order valence-electron chi connectivity index (χ1n) is 11.9. The zero-order chi connectivity index (χ0) is 24.5. The summed E-state index contributed by atoms with van der Waals surface area (Å²) in [5, 5.41) is 0. The van der Waals surface area contributed by atoms with E-state index in [1.54, 1.807) is 0 Å². The fourth-order valence-corrected chi connectivity index (χ4v) is 18.2. The molecule has 0 unspecified atom stereocenters. The van der Waals surface area contributed by atoms with Gasteiger partial charge >= 0.3 is 5.97 Å². The molecule has 0 saturated carbocycles. The lowest BCUT2D eigenvalue weighted by molar-refractivity contribution is -0.143. The molecule has 0 aliphatic carbocycles. The molecule has 4 nitrogen and oxygen atoms in total. The Morgan fingerprint density at radius 3 is 1.52 bits per heavy atom. The lowest BCUT2D eigenvalue weighted by Gasteiger charge is -2.46. The number of hydrogen-bond donors (Lipinski definition) is 0. The molecular weight excluding hydrogens is 512 g/mol. The Kier molecular flexibility index (Phi) is 10.4. The van der Waals surface area contributed by atoms with Crippen LogP contribution in [0.4, 0.5) is 0 Å². The molecule has 1 aliphatic rings. The summed E-state index contributed by atoms with van der Waals surface area (Å²) < 4.78 is 18.2. The Hall–Kier alpha value is 0.594. The van der Waals surface area contributed by atoms with Gasteiger partial charge in [-0.2, -0.15) is 0 Å². The summed E-state index contributed by atoms with van der Waals surface area (Å²) in [4.78, 5) is 12.7. The van der Waals surface area contributed by atoms with Crippen molar-refractivity contribution in [1.82, 2.24) is 0 Å². The standard InChI is InChI=1S/C23H46BrClO4Si2/c1-14(2)30(15(3)4,16(5)6)27-13-20-21(23(24,25)22(26)28-20)29-31(17(7)8,18(9)10)19(11)12/h14-21H,13H2,1-12H3/t20-,21-,23+/m1/s1. The van der Waals surface area contributed by atoms with Crippen molar-refractivity contribution in [1.29, 1.82) is 0 Å². The van der Waals surface area contributed by atoms with E-state index in [1.807, 2.05) is 0 Å². The molecule has 184 valence electrons. The number of alkyl halides is 2. The molecule has 31 heavy (non-hydrogen) atoms. The van der Waals surface area contributed by atoms with Gasteiger partial charge in [-0.15, -0.1) is 0 Å². The Labute approximate surface area is 206 Å². The average molecular weight is 558 g/mol. The van der Waals surface area contributed by atoms with Crippen molar-refractivity contribution in [3.8, 4) is 0 Å². The summed E-state index contributed by atoms with van der Waals surface area (Å²) in [6.07, 6.45) is -1.10. The molecule has 0 radical (unpaired) electrons. The molecule has 0 amide bonds. The van der Waals surface area contributed by atoms with Gasteiger partial charge in [-0.25, -0.2) is 4.79 Å². The van der Waals surface area contributed by atoms with Crippen molar-refractivity contribution < 1.29 is 18.4 Å². The molecule has 1 heterocycles. The van der Waals surface area contributed by atoms with Crippen LogP contribution in [-0.2, 0) is 18.4 Å². The van der Waals surface area contributed by atoms with E-state index < -0.39 is 38.6 Å². The second-order valence-corrected chi connectivity index (χ2v) is 24.2. The molecular formula is C23H46BrClO4Si2. The Balaban J connectivity index is 3.33. The number of hydrogen-bond acceptors (Lipinski definition) is 4. The Morgan fingerprint density at radius 2 is 1.19 bits per heavy atom. The predicted molar refractivity (Wildman–Crippen MR) is 140 cm³/mol. The van der Waals surface area contributed by atoms with Crippen LogP contribution < -0.4 is 0 Å². The average Bonchev–Trinajstić information content (AvgIpc) is 2.80. The maximum absolute atomic E-state index is 12.7. The van der Waals surface area contributed by atoms with E-state index in [2.05, 4.69) is 99.0 Å². The third-order valence-corrected chi connectivity index (χ3v) is 20.8. The van der Waals surface area contributed by atoms with Crippen molar-refractivity contribution in [2.75, 3.05) is 6.61 Å². The van der Waals surface area contributed by atoms with Crippen molar-refractivity contribution in [2.24, 2.45) is 0 Å². The SMILES string of the molecule is CC(C)[Si](OC[C@H]1OC(=O)[C@](Cl)(Br)[C@@H]1O[Si](C(C)C)(C(C)C)C(C)C)(C(C)C)C(C)C. The molecule has 0 N–H and O–H groups in total. The van der Waals surface area contributed by atoms with Gasteiger partial charge in [-0.05, 0) is 33.2 Å². The molecule has 3 atom stereocenters. The van der Waals surface area contributed by atoms with Crippen LogP contribution in [0.15, 0.2) is 0 Å². The third-order valence-electron chi connectivity index (χ3n) is 7.47. The maximum Gasteiger partial charge on any atom is 0.341 e. The van der Waals surface area contributed by atoms with Crippen molar-refractivity contribution in [3.63, 3.8) is 0 Å². The quantitative estimate of drug-likeness (QED) is 0.147. The monoisotopic (exact) mass is 556 g/mol. The van der Waals surface area contributed by atoms with E-state index in [1.165, 1.54) is 0 Å². The smallest absolute Gasteiger partial charge is 0.341 e. The molecule has 0 aromatic carbocycles. The summed E-state index contributed by atoms with van der Waals surface area (Å²) in [5.74, 6) is -0.474. The molecule has 1 fully saturated rings. The van der Waals surface area contributed by atoms with Crippen LogP contribution in [0.1, 0.15) is 83.1 Å². The van der Waals surface area contributed by atoms with Crippen LogP contribution in [0.3, 0.4) is 0 Å². The van der Waals surface area contributed by atoms with E-state index in [0.717, 1.165) is 0 Å². The summed E-state index contributed by atoms with van der Waals surface area (Å²) in [7, 11) is -4.40. The molecule has 0 spiro atoms. The molecule has 1 saturated heterocycles. The zero-order valence-electron chi connectivity index (χ0n) is 21.7. The highest BCUT2D eigenvalue weighted by molar-refractivity contribution is 9.10. The fourth-order valence-electron chi connectivity index (χ4n) is 6.25. The highest BCUT2D eigenvalue weighted by Crippen LogP contribution is 2.49. The predicted octanol–water partition coefficient (Wildman–Crippen LogP) is 7.99. The third kappa shape index (κ3) is 5.47. The molecule has 1 rings (SSSR count). The Bertz CT molecular complexity index is 565. The summed E-state index contributed by atoms with van der Waals surface area (Å²) in [6, 6.07) is 0. The molecule has 0 aromatic heterocycles. The van der Waals surface area contributed by atoms with Gasteiger partial charge in [0.2, 0.25) is 20.4 Å². The van der Waals surface area contributed by atoms with E-state index in [4.69, 9.17) is 25.2 Å².